The van der Waals surface area contributed by atoms with E-state index >= 15 is 0 Å². The normalized spacial score (nSPS) is 16.8. The third-order valence-corrected chi connectivity index (χ3v) is 8.44. The molecular formula is C27H38OSi. The molecule has 1 aliphatic rings. The predicted molar refractivity (Wildman–Crippen MR) is 131 cm³/mol. The van der Waals surface area contributed by atoms with Gasteiger partial charge in [-0.05, 0) is 57.7 Å². The molecule has 1 atom stereocenters. The van der Waals surface area contributed by atoms with Gasteiger partial charge in [-0.2, -0.15) is 0 Å². The summed E-state index contributed by atoms with van der Waals surface area (Å²) in [6.07, 6.45) is 2.44. The number of methoxy groups -OCH3 is 1. The van der Waals surface area contributed by atoms with Crippen LogP contribution in [0.4, 0.5) is 0 Å². The molecule has 0 aromatic heterocycles. The summed E-state index contributed by atoms with van der Waals surface area (Å²) in [6.45, 7) is 20.9. The Hall–Kier alpha value is -1.80. The first kappa shape index (κ1) is 21.9. The van der Waals surface area contributed by atoms with Crippen molar-refractivity contribution in [2.24, 2.45) is 0 Å². The van der Waals surface area contributed by atoms with Crippen LogP contribution in [0.25, 0.3) is 17.2 Å². The summed E-state index contributed by atoms with van der Waals surface area (Å²) in [7, 11) is 1.00. The summed E-state index contributed by atoms with van der Waals surface area (Å²) < 4.78 is 5.97. The zero-order chi connectivity index (χ0) is 21.7. The van der Waals surface area contributed by atoms with Crippen LogP contribution < -0.4 is 4.74 Å². The van der Waals surface area contributed by atoms with Crippen molar-refractivity contribution in [2.45, 2.75) is 77.9 Å². The Morgan fingerprint density at radius 1 is 0.897 bits per heavy atom. The highest BCUT2D eigenvalue weighted by atomic mass is 28.3. The van der Waals surface area contributed by atoms with Gasteiger partial charge in [-0.3, -0.25) is 0 Å². The van der Waals surface area contributed by atoms with Gasteiger partial charge in [-0.15, -0.1) is 0 Å². The Balaban J connectivity index is 2.32. The third-order valence-electron chi connectivity index (χ3n) is 6.22. The smallest absolute Gasteiger partial charge is 0.126 e. The number of hydrogen-bond donors (Lipinski definition) is 0. The topological polar surface area (TPSA) is 9.23 Å². The van der Waals surface area contributed by atoms with E-state index in [0.29, 0.717) is 5.54 Å². The number of allylic oxidation sites excluding steroid dienone is 1. The highest BCUT2D eigenvalue weighted by Gasteiger charge is 2.30. The molecule has 2 heteroatoms. The minimum Gasteiger partial charge on any atom is -0.496 e. The van der Waals surface area contributed by atoms with E-state index in [4.69, 9.17) is 4.74 Å². The maximum atomic E-state index is 5.97. The molecule has 1 unspecified atom stereocenters. The Morgan fingerprint density at radius 2 is 1.45 bits per heavy atom. The predicted octanol–water partition coefficient (Wildman–Crippen LogP) is 7.48. The number of hydrogen-bond acceptors (Lipinski definition) is 1. The highest BCUT2D eigenvalue weighted by molar-refractivity contribution is 6.58. The van der Waals surface area contributed by atoms with Crippen LogP contribution in [0.5, 0.6) is 5.75 Å². The van der Waals surface area contributed by atoms with Gasteiger partial charge >= 0.3 is 0 Å². The first-order valence-electron chi connectivity index (χ1n) is 10.9. The summed E-state index contributed by atoms with van der Waals surface area (Å²) in [5.74, 6) is 1.04. The van der Waals surface area contributed by atoms with Crippen LogP contribution in [0, 0.1) is 0 Å². The number of ether oxygens (including phenoxy) is 1. The first-order chi connectivity index (χ1) is 13.4. The van der Waals surface area contributed by atoms with Crippen LogP contribution in [-0.2, 0) is 10.8 Å². The summed E-state index contributed by atoms with van der Waals surface area (Å²) in [4.78, 5) is 0. The molecule has 0 saturated carbocycles. The average molecular weight is 407 g/mol. The Kier molecular flexibility index (Phi) is 5.64. The molecular weight excluding hydrogens is 368 g/mol. The molecule has 1 nitrogen and oxygen atoms in total. The van der Waals surface area contributed by atoms with Crippen molar-refractivity contribution >= 4 is 14.9 Å². The second-order valence-corrected chi connectivity index (χ2v) is 14.2. The van der Waals surface area contributed by atoms with E-state index in [-0.39, 0.29) is 10.8 Å². The minimum atomic E-state index is -0.809. The fourth-order valence-corrected chi connectivity index (χ4v) is 6.99. The highest BCUT2D eigenvalue weighted by Crippen LogP contribution is 2.46. The first-order valence-corrected chi connectivity index (χ1v) is 13.9. The van der Waals surface area contributed by atoms with E-state index in [1.54, 1.807) is 0 Å². The molecule has 0 N–H and O–H groups in total. The van der Waals surface area contributed by atoms with Crippen molar-refractivity contribution in [1.82, 2.24) is 0 Å². The van der Waals surface area contributed by atoms with Crippen molar-refractivity contribution in [2.75, 3.05) is 7.11 Å². The number of benzene rings is 2. The van der Waals surface area contributed by atoms with Gasteiger partial charge in [0.15, 0.2) is 0 Å². The third kappa shape index (κ3) is 3.96. The summed E-state index contributed by atoms with van der Waals surface area (Å²) in [5.41, 5.74) is 10.4. The molecule has 29 heavy (non-hydrogen) atoms. The fourth-order valence-electron chi connectivity index (χ4n) is 4.83. The Morgan fingerprint density at radius 3 is 1.90 bits per heavy atom. The van der Waals surface area contributed by atoms with E-state index in [1.165, 1.54) is 39.0 Å². The van der Waals surface area contributed by atoms with Crippen molar-refractivity contribution < 1.29 is 4.74 Å². The van der Waals surface area contributed by atoms with Crippen LogP contribution in [0.3, 0.4) is 0 Å². The van der Waals surface area contributed by atoms with E-state index in [2.05, 4.69) is 98.0 Å². The van der Waals surface area contributed by atoms with Crippen LogP contribution in [-0.4, -0.2) is 15.9 Å². The Bertz CT molecular complexity index is 916. The van der Waals surface area contributed by atoms with Gasteiger partial charge < -0.3 is 4.74 Å². The van der Waals surface area contributed by atoms with Crippen molar-refractivity contribution in [3.05, 3.63) is 58.2 Å². The van der Waals surface area contributed by atoms with Gasteiger partial charge in [-0.25, -0.2) is 0 Å². The zero-order valence-electron chi connectivity index (χ0n) is 20.0. The second-order valence-electron chi connectivity index (χ2n) is 11.0. The molecule has 2 aromatic carbocycles. The van der Waals surface area contributed by atoms with Crippen LogP contribution in [0.2, 0.25) is 13.1 Å². The SMILES string of the molecule is COc1c(C(C)(C)C)cc(-c2cccc3c2C=C(C)C3[SiH](C)C)cc1C(C)(C)C. The van der Waals surface area contributed by atoms with Crippen molar-refractivity contribution in [3.8, 4) is 16.9 Å². The molecule has 156 valence electrons. The summed E-state index contributed by atoms with van der Waals surface area (Å²) in [6, 6.07) is 11.6. The zero-order valence-corrected chi connectivity index (χ0v) is 21.2. The molecule has 0 radical (unpaired) electrons. The number of fused-ring (bicyclic) bond motifs is 1. The minimum absolute atomic E-state index is 0.0123. The van der Waals surface area contributed by atoms with Crippen molar-refractivity contribution in [3.63, 3.8) is 0 Å². The molecule has 0 bridgehead atoms. The van der Waals surface area contributed by atoms with Crippen LogP contribution in [0.1, 0.15) is 76.3 Å². The summed E-state index contributed by atoms with van der Waals surface area (Å²) >= 11 is 0. The van der Waals surface area contributed by atoms with Gasteiger partial charge in [0.05, 0.1) is 7.11 Å². The Labute approximate surface area is 179 Å². The fraction of sp³-hybridized carbons (Fsp3) is 0.481. The lowest BCUT2D eigenvalue weighted by Gasteiger charge is -2.30. The van der Waals surface area contributed by atoms with E-state index < -0.39 is 8.80 Å². The van der Waals surface area contributed by atoms with Crippen LogP contribution in [0.15, 0.2) is 35.9 Å². The average Bonchev–Trinajstić information content (AvgIpc) is 2.94. The lowest BCUT2D eigenvalue weighted by atomic mass is 9.77. The van der Waals surface area contributed by atoms with E-state index in [9.17, 15) is 0 Å². The largest absolute Gasteiger partial charge is 0.496 e. The molecule has 1 aliphatic carbocycles. The molecule has 2 aromatic rings. The van der Waals surface area contributed by atoms with Crippen molar-refractivity contribution in [1.29, 1.82) is 0 Å². The lowest BCUT2D eigenvalue weighted by molar-refractivity contribution is 0.381. The maximum Gasteiger partial charge on any atom is 0.126 e. The molecule has 3 rings (SSSR count). The van der Waals surface area contributed by atoms with Gasteiger partial charge in [0.2, 0.25) is 0 Å². The maximum absolute atomic E-state index is 5.97. The van der Waals surface area contributed by atoms with Gasteiger partial charge in [0, 0.05) is 19.9 Å². The van der Waals surface area contributed by atoms with Gasteiger partial charge in [-0.1, -0.05) is 84.5 Å². The molecule has 0 saturated heterocycles. The van der Waals surface area contributed by atoms with Gasteiger partial charge in [0.1, 0.15) is 5.75 Å². The monoisotopic (exact) mass is 406 g/mol. The van der Waals surface area contributed by atoms with Gasteiger partial charge in [0.25, 0.3) is 0 Å². The quantitative estimate of drug-likeness (QED) is 0.480. The molecule has 0 fully saturated rings. The van der Waals surface area contributed by atoms with Crippen LogP contribution >= 0.6 is 0 Å². The molecule has 0 aliphatic heterocycles. The van der Waals surface area contributed by atoms with E-state index in [0.717, 1.165) is 5.75 Å². The standard InChI is InChI=1S/C27H38OSi/c1-17-14-21-19(12-11-13-20(21)25(17)29(9)10)18-15-22(26(2,3)4)24(28-8)23(16-18)27(5,6)7/h11-16,25,29H,1-10H3. The number of rotatable bonds is 3. The molecule has 0 amide bonds. The lowest BCUT2D eigenvalue weighted by Crippen LogP contribution is -2.19. The molecule has 0 heterocycles. The van der Waals surface area contributed by atoms with E-state index in [1.807, 2.05) is 7.11 Å². The molecule has 0 spiro atoms. The second kappa shape index (κ2) is 7.47. The summed E-state index contributed by atoms with van der Waals surface area (Å²) in [5, 5.41) is 0.